The molecule has 2 unspecified atom stereocenters. The molecule has 0 spiro atoms. The molecule has 2 heterocycles. The lowest BCUT2D eigenvalue weighted by atomic mass is 9.91. The van der Waals surface area contributed by atoms with Crippen LogP contribution in [0.5, 0.6) is 0 Å². The third kappa shape index (κ3) is 3.19. The van der Waals surface area contributed by atoms with Gasteiger partial charge in [0.15, 0.2) is 0 Å². The zero-order valence-corrected chi connectivity index (χ0v) is 10.9. The van der Waals surface area contributed by atoms with Crippen molar-refractivity contribution in [1.29, 1.82) is 0 Å². The van der Waals surface area contributed by atoms with E-state index in [1.807, 2.05) is 6.92 Å². The van der Waals surface area contributed by atoms with Gasteiger partial charge in [0.25, 0.3) is 0 Å². The smallest absolute Gasteiger partial charge is 0.246 e. The molecule has 4 nitrogen and oxygen atoms in total. The average molecular weight is 240 g/mol. The molecule has 17 heavy (non-hydrogen) atoms. The fourth-order valence-corrected chi connectivity index (χ4v) is 3.19. The molecule has 0 saturated carbocycles. The zero-order chi connectivity index (χ0) is 12.3. The first kappa shape index (κ1) is 12.8. The third-order valence-corrected chi connectivity index (χ3v) is 4.22. The summed E-state index contributed by atoms with van der Waals surface area (Å²) in [4.78, 5) is 14.0. The summed E-state index contributed by atoms with van der Waals surface area (Å²) in [5.74, 6) is 0.687. The molecule has 2 aliphatic heterocycles. The van der Waals surface area contributed by atoms with Crippen LogP contribution < -0.4 is 5.32 Å². The Morgan fingerprint density at radius 3 is 2.59 bits per heavy atom. The topological polar surface area (TPSA) is 41.6 Å². The summed E-state index contributed by atoms with van der Waals surface area (Å²) >= 11 is 0. The van der Waals surface area contributed by atoms with Gasteiger partial charge in [0.1, 0.15) is 6.61 Å². The quantitative estimate of drug-likeness (QED) is 0.780. The van der Waals surface area contributed by atoms with Gasteiger partial charge in [-0.05, 0) is 45.6 Å². The van der Waals surface area contributed by atoms with Gasteiger partial charge in [-0.25, -0.2) is 0 Å². The molecule has 0 aliphatic carbocycles. The van der Waals surface area contributed by atoms with E-state index in [4.69, 9.17) is 4.74 Å². The van der Waals surface area contributed by atoms with Gasteiger partial charge in [-0.1, -0.05) is 0 Å². The Morgan fingerprint density at radius 2 is 2.00 bits per heavy atom. The van der Waals surface area contributed by atoms with Crippen molar-refractivity contribution >= 4 is 5.91 Å². The van der Waals surface area contributed by atoms with Crippen LogP contribution in [0.1, 0.15) is 32.6 Å². The van der Waals surface area contributed by atoms with Crippen molar-refractivity contribution in [3.63, 3.8) is 0 Å². The molecule has 2 aliphatic rings. The van der Waals surface area contributed by atoms with Crippen molar-refractivity contribution in [2.24, 2.45) is 5.92 Å². The van der Waals surface area contributed by atoms with Crippen LogP contribution in [-0.2, 0) is 9.53 Å². The molecular formula is C13H24N2O2. The molecule has 2 rings (SSSR count). The van der Waals surface area contributed by atoms with E-state index in [9.17, 15) is 4.79 Å². The number of nitrogens with one attached hydrogen (secondary N) is 1. The number of nitrogens with zero attached hydrogens (tertiary/aromatic N) is 1. The molecule has 4 heteroatoms. The lowest BCUT2D eigenvalue weighted by molar-refractivity contribution is -0.125. The molecule has 2 saturated heterocycles. The minimum atomic E-state index is 0.0260. The van der Waals surface area contributed by atoms with Crippen molar-refractivity contribution < 1.29 is 9.53 Å². The molecule has 2 atom stereocenters. The maximum atomic E-state index is 11.4. The Hall–Kier alpha value is -0.610. The normalized spacial score (nSPS) is 32.7. The second kappa shape index (κ2) is 5.83. The van der Waals surface area contributed by atoms with Gasteiger partial charge in [-0.3, -0.25) is 4.79 Å². The fraction of sp³-hybridized carbons (Fsp3) is 0.923. The molecule has 0 aromatic carbocycles. The van der Waals surface area contributed by atoms with Crippen LogP contribution in [0, 0.1) is 5.92 Å². The van der Waals surface area contributed by atoms with Gasteiger partial charge in [0.2, 0.25) is 5.91 Å². The molecule has 98 valence electrons. The van der Waals surface area contributed by atoms with Crippen LogP contribution >= 0.6 is 0 Å². The van der Waals surface area contributed by atoms with Gasteiger partial charge < -0.3 is 15.0 Å². The summed E-state index contributed by atoms with van der Waals surface area (Å²) in [5, 5.41) is 2.99. The summed E-state index contributed by atoms with van der Waals surface area (Å²) in [5.41, 5.74) is 0. The lowest BCUT2D eigenvalue weighted by Crippen LogP contribution is -2.43. The maximum absolute atomic E-state index is 11.4. The first-order chi connectivity index (χ1) is 8.20. The predicted octanol–water partition coefficient (Wildman–Crippen LogP) is 1.01. The third-order valence-electron chi connectivity index (χ3n) is 4.22. The Labute approximate surface area is 104 Å². The summed E-state index contributed by atoms with van der Waals surface area (Å²) in [6.07, 6.45) is 5.15. The highest BCUT2D eigenvalue weighted by Gasteiger charge is 2.38. The average Bonchev–Trinajstić information content (AvgIpc) is 2.57. The Kier molecular flexibility index (Phi) is 4.40. The van der Waals surface area contributed by atoms with E-state index in [1.165, 1.54) is 25.7 Å². The van der Waals surface area contributed by atoms with E-state index in [0.29, 0.717) is 12.5 Å². The number of ether oxygens (including phenoxy) is 1. The first-order valence-electron chi connectivity index (χ1n) is 6.77. The molecule has 2 fully saturated rings. The highest BCUT2D eigenvalue weighted by molar-refractivity contribution is 5.77. The molecule has 0 aromatic heterocycles. The Morgan fingerprint density at radius 1 is 1.35 bits per heavy atom. The number of carbonyl (C=O) groups is 1. The van der Waals surface area contributed by atoms with Crippen molar-refractivity contribution in [1.82, 2.24) is 10.2 Å². The van der Waals surface area contributed by atoms with Crippen LogP contribution in [0.2, 0.25) is 0 Å². The van der Waals surface area contributed by atoms with Gasteiger partial charge >= 0.3 is 0 Å². The molecule has 1 N–H and O–H groups in total. The van der Waals surface area contributed by atoms with E-state index in [1.54, 1.807) is 0 Å². The molecular weight excluding hydrogens is 216 g/mol. The van der Waals surface area contributed by atoms with Crippen LogP contribution in [0.15, 0.2) is 0 Å². The minimum Gasteiger partial charge on any atom is -0.372 e. The maximum Gasteiger partial charge on any atom is 0.246 e. The van der Waals surface area contributed by atoms with Crippen LogP contribution in [0.25, 0.3) is 0 Å². The van der Waals surface area contributed by atoms with E-state index in [0.717, 1.165) is 18.6 Å². The minimum absolute atomic E-state index is 0.0260. The Bertz CT molecular complexity index is 256. The van der Waals surface area contributed by atoms with E-state index in [-0.39, 0.29) is 12.5 Å². The largest absolute Gasteiger partial charge is 0.372 e. The lowest BCUT2D eigenvalue weighted by Gasteiger charge is -2.36. The number of amides is 1. The van der Waals surface area contributed by atoms with Gasteiger partial charge in [-0.2, -0.15) is 0 Å². The van der Waals surface area contributed by atoms with Gasteiger partial charge in [0, 0.05) is 25.2 Å². The summed E-state index contributed by atoms with van der Waals surface area (Å²) < 4.78 is 5.09. The van der Waals surface area contributed by atoms with Crippen molar-refractivity contribution in [3.8, 4) is 0 Å². The highest BCUT2D eigenvalue weighted by Crippen LogP contribution is 2.36. The molecule has 2 bridgehead atoms. The monoisotopic (exact) mass is 240 g/mol. The van der Waals surface area contributed by atoms with Crippen LogP contribution in [0.4, 0.5) is 0 Å². The fourth-order valence-electron chi connectivity index (χ4n) is 3.19. The number of fused-ring (bicyclic) bond motifs is 2. The van der Waals surface area contributed by atoms with E-state index in [2.05, 4.69) is 17.3 Å². The standard InChI is InChI=1S/C13H24N2O2/c1-3-17-9-13(16)14-8-10-6-11-4-5-12(7-10)15(11)2/h10-12H,3-9H2,1-2H3,(H,14,16). The Balaban J connectivity index is 1.69. The zero-order valence-electron chi connectivity index (χ0n) is 10.9. The second-order valence-corrected chi connectivity index (χ2v) is 5.33. The van der Waals surface area contributed by atoms with Crippen molar-refractivity contribution in [3.05, 3.63) is 0 Å². The van der Waals surface area contributed by atoms with Gasteiger partial charge in [-0.15, -0.1) is 0 Å². The SMILES string of the molecule is CCOCC(=O)NCC1CC2CCC(C1)N2C. The number of rotatable bonds is 5. The molecule has 1 amide bonds. The predicted molar refractivity (Wildman–Crippen MR) is 66.8 cm³/mol. The van der Waals surface area contributed by atoms with Gasteiger partial charge in [0.05, 0.1) is 0 Å². The van der Waals surface area contributed by atoms with E-state index >= 15 is 0 Å². The number of hydrogen-bond acceptors (Lipinski definition) is 3. The number of piperidine rings is 1. The highest BCUT2D eigenvalue weighted by atomic mass is 16.5. The van der Waals surface area contributed by atoms with Crippen LogP contribution in [-0.4, -0.2) is 49.7 Å². The summed E-state index contributed by atoms with van der Waals surface area (Å²) in [6, 6.07) is 1.50. The first-order valence-corrected chi connectivity index (χ1v) is 6.77. The van der Waals surface area contributed by atoms with E-state index < -0.39 is 0 Å². The van der Waals surface area contributed by atoms with Crippen molar-refractivity contribution in [2.75, 3.05) is 26.8 Å². The molecule has 0 aromatic rings. The summed E-state index contributed by atoms with van der Waals surface area (Å²) in [7, 11) is 2.24. The molecule has 0 radical (unpaired) electrons. The van der Waals surface area contributed by atoms with Crippen molar-refractivity contribution in [2.45, 2.75) is 44.7 Å². The second-order valence-electron chi connectivity index (χ2n) is 5.33. The number of carbonyl (C=O) groups excluding carboxylic acids is 1. The summed E-state index contributed by atoms with van der Waals surface area (Å²) in [6.45, 7) is 3.54. The van der Waals surface area contributed by atoms with Crippen LogP contribution in [0.3, 0.4) is 0 Å². The number of hydrogen-bond donors (Lipinski definition) is 1.